The molecule has 4 aromatic rings. The molecule has 85 heavy (non-hydrogen) atoms. The second-order valence-electron chi connectivity index (χ2n) is 23.1. The highest BCUT2D eigenvalue weighted by Crippen LogP contribution is 2.61. The van der Waals surface area contributed by atoms with Gasteiger partial charge in [-0.15, -0.1) is 0 Å². The summed E-state index contributed by atoms with van der Waals surface area (Å²) in [7, 11) is 8.77. The molecule has 0 aliphatic carbocycles. The van der Waals surface area contributed by atoms with E-state index in [1.807, 2.05) is 47.9 Å². The highest BCUT2D eigenvalue weighted by molar-refractivity contribution is 5.77. The van der Waals surface area contributed by atoms with Crippen LogP contribution >= 0.6 is 0 Å². The number of aromatic hydroxyl groups is 1. The van der Waals surface area contributed by atoms with Gasteiger partial charge >= 0.3 is 11.9 Å². The normalized spacial score (nSPS) is 25.3. The first-order chi connectivity index (χ1) is 40.7. The number of nitrogens with one attached hydrogen (secondary N) is 2. The van der Waals surface area contributed by atoms with E-state index in [1.165, 1.54) is 27.7 Å². The maximum absolute atomic E-state index is 12.4. The SMILES string of the molecule is COCOc1c(OC)c(C)cc2c1[C@@H]1C3Cc4c(OC(C)=O)c(C)c5c(c4[C@H](CNC(C)=O)N3[C@@H](C#N)[C@H](C2)N1C)OCO5.COc1c(C)cc2c(c1O)[C@@H]1C3Cc4c(OC(C)=O)c(C)c5c(c4[C@H](CNC(C)=O)N3[C@@H](C#N)[C@H](C2)N1C)OCO5. The first-order valence-electron chi connectivity index (χ1n) is 28.5. The van der Waals surface area contributed by atoms with Gasteiger partial charge in [0.1, 0.15) is 23.6 Å². The first-order valence-corrected chi connectivity index (χ1v) is 28.5. The van der Waals surface area contributed by atoms with Crippen LogP contribution in [0.5, 0.6) is 57.5 Å². The van der Waals surface area contributed by atoms with Crippen molar-refractivity contribution in [1.82, 2.24) is 30.2 Å². The molecule has 23 heteroatoms. The number of phenols is 1. The maximum atomic E-state index is 12.4. The molecule has 23 nitrogen and oxygen atoms in total. The molecule has 0 radical (unpaired) electrons. The van der Waals surface area contributed by atoms with Gasteiger partial charge in [0, 0.05) is 117 Å². The van der Waals surface area contributed by atoms with Crippen molar-refractivity contribution in [2.75, 3.05) is 68.9 Å². The van der Waals surface area contributed by atoms with E-state index < -0.39 is 36.1 Å². The number of piperazine rings is 2. The van der Waals surface area contributed by atoms with Gasteiger partial charge in [0.2, 0.25) is 25.4 Å². The Morgan fingerprint density at radius 3 is 1.42 bits per heavy atom. The van der Waals surface area contributed by atoms with Crippen LogP contribution in [0.25, 0.3) is 0 Å². The quantitative estimate of drug-likeness (QED) is 0.0959. The second kappa shape index (κ2) is 22.7. The summed E-state index contributed by atoms with van der Waals surface area (Å²) in [6, 6.07) is 5.86. The molecule has 2 saturated heterocycles. The van der Waals surface area contributed by atoms with Crippen molar-refractivity contribution in [1.29, 1.82) is 10.5 Å². The van der Waals surface area contributed by atoms with E-state index in [0.29, 0.717) is 88.6 Å². The zero-order valence-electron chi connectivity index (χ0n) is 50.1. The predicted molar refractivity (Wildman–Crippen MR) is 303 cm³/mol. The van der Waals surface area contributed by atoms with Crippen molar-refractivity contribution in [2.24, 2.45) is 0 Å². The molecule has 8 heterocycles. The minimum Gasteiger partial charge on any atom is -0.504 e. The average Bonchev–Trinajstić information content (AvgIpc) is 1.21. The van der Waals surface area contributed by atoms with Crippen LogP contribution < -0.4 is 53.3 Å². The van der Waals surface area contributed by atoms with E-state index in [0.717, 1.165) is 55.6 Å². The molecule has 0 spiro atoms. The van der Waals surface area contributed by atoms with Crippen LogP contribution in [0.4, 0.5) is 0 Å². The monoisotopic (exact) mass is 1170 g/mol. The summed E-state index contributed by atoms with van der Waals surface area (Å²) in [5, 5.41) is 38.9. The number of esters is 2. The number of benzene rings is 4. The van der Waals surface area contributed by atoms with Crippen molar-refractivity contribution >= 4 is 23.8 Å². The number of rotatable bonds is 11. The standard InChI is InChI=1S/C32H38N4O8.C30H34N4O7/c1-15-8-19-9-21-23(11-33)36-22(27(35(21)5)25(19)31(28(15)40-7)41-13-39-6)10-20-26(24(36)12-34-17(3)37)32-30(42-14-43-32)16(2)29(20)44-18(4)38;1-13-7-17-8-19-21(10-31)34-20(25(33(19)5)23(17)26(37)27(13)38-6)9-18-24(22(34)11-32-15(3)35)30-29(39-12-40-30)14(2)28(18)41-16(4)36/h8,21-24,27H,9-10,12-14H2,1-7H3,(H,34,37);7,19-22,25,37H,8-9,11-12H2,1-6H3,(H,32,35)/t21-,22?,23-,24-,27-;19-,20?,21-,22-,25-/m00/s1. The highest BCUT2D eigenvalue weighted by atomic mass is 16.7. The molecule has 2 unspecified atom stereocenters. The Hall–Kier alpha value is -8.06. The van der Waals surface area contributed by atoms with Gasteiger partial charge in [-0.3, -0.25) is 38.8 Å². The maximum Gasteiger partial charge on any atom is 0.308 e. The number of phenolic OH excluding ortho intramolecular Hbond substituents is 1. The van der Waals surface area contributed by atoms with Gasteiger partial charge < -0.3 is 63.1 Å². The van der Waals surface area contributed by atoms with Gasteiger partial charge in [0.15, 0.2) is 52.8 Å². The summed E-state index contributed by atoms with van der Waals surface area (Å²) in [5.41, 5.74) is 9.99. The second-order valence-corrected chi connectivity index (χ2v) is 23.1. The molecule has 450 valence electrons. The Morgan fingerprint density at radius 2 is 1.01 bits per heavy atom. The smallest absolute Gasteiger partial charge is 0.308 e. The number of hydrogen-bond acceptors (Lipinski definition) is 21. The molecule has 10 atom stereocenters. The third-order valence-corrected chi connectivity index (χ3v) is 18.4. The first kappa shape index (κ1) is 58.7. The largest absolute Gasteiger partial charge is 0.504 e. The van der Waals surface area contributed by atoms with E-state index in [4.69, 9.17) is 47.4 Å². The molecule has 8 aliphatic heterocycles. The molecule has 12 rings (SSSR count). The number of aryl methyl sites for hydroxylation is 2. The fourth-order valence-corrected chi connectivity index (χ4v) is 15.3. The van der Waals surface area contributed by atoms with Gasteiger partial charge in [-0.1, -0.05) is 12.1 Å². The summed E-state index contributed by atoms with van der Waals surface area (Å²) in [6.45, 7) is 13.7. The summed E-state index contributed by atoms with van der Waals surface area (Å²) in [6.07, 6.45) is 2.01. The van der Waals surface area contributed by atoms with Crippen LogP contribution in [0.15, 0.2) is 12.1 Å². The molecular weight excluding hydrogens is 1100 g/mol. The summed E-state index contributed by atoms with van der Waals surface area (Å²) < 4.78 is 58.5. The van der Waals surface area contributed by atoms with Crippen molar-refractivity contribution in [3.63, 3.8) is 0 Å². The van der Waals surface area contributed by atoms with E-state index in [1.54, 1.807) is 21.3 Å². The van der Waals surface area contributed by atoms with Crippen molar-refractivity contribution in [3.05, 3.63) is 78.9 Å². The Kier molecular flexibility index (Phi) is 15.7. The molecule has 3 N–H and O–H groups in total. The fraction of sp³-hybridized carbons (Fsp3) is 0.516. The Balaban J connectivity index is 0.000000177. The molecule has 0 saturated carbocycles. The summed E-state index contributed by atoms with van der Waals surface area (Å²) >= 11 is 0. The number of nitrogens with zero attached hydrogens (tertiary/aromatic N) is 6. The lowest BCUT2D eigenvalue weighted by Crippen LogP contribution is -2.68. The number of fused-ring (bicyclic) bond motifs is 18. The number of amides is 2. The third kappa shape index (κ3) is 9.42. The van der Waals surface area contributed by atoms with Crippen LogP contribution in [0.1, 0.15) is 119 Å². The van der Waals surface area contributed by atoms with Gasteiger partial charge in [0.05, 0.1) is 50.5 Å². The summed E-state index contributed by atoms with van der Waals surface area (Å²) in [5.74, 6) is 3.39. The number of hydrogen-bond donors (Lipinski definition) is 3. The van der Waals surface area contributed by atoms with Crippen LogP contribution in [-0.4, -0.2) is 154 Å². The highest BCUT2D eigenvalue weighted by Gasteiger charge is 2.59. The van der Waals surface area contributed by atoms with Gasteiger partial charge in [-0.2, -0.15) is 10.5 Å². The lowest BCUT2D eigenvalue weighted by Gasteiger charge is -2.60. The van der Waals surface area contributed by atoms with E-state index >= 15 is 0 Å². The van der Waals surface area contributed by atoms with Gasteiger partial charge in [-0.25, -0.2) is 0 Å². The Morgan fingerprint density at radius 1 is 0.588 bits per heavy atom. The number of likely N-dealkylation sites (N-methyl/N-ethyl adjacent to an activating group) is 2. The lowest BCUT2D eigenvalue weighted by molar-refractivity contribution is -0.133. The van der Waals surface area contributed by atoms with Gasteiger partial charge in [0.25, 0.3) is 0 Å². The van der Waals surface area contributed by atoms with Crippen LogP contribution in [0.2, 0.25) is 0 Å². The van der Waals surface area contributed by atoms with E-state index in [9.17, 15) is 34.8 Å². The van der Waals surface area contributed by atoms with E-state index in [2.05, 4.69) is 48.4 Å². The van der Waals surface area contributed by atoms with Crippen LogP contribution in [0.3, 0.4) is 0 Å². The molecular formula is C62H72N8O15. The predicted octanol–water partition coefficient (Wildman–Crippen LogP) is 5.44. The Bertz CT molecular complexity index is 3540. The molecule has 4 bridgehead atoms. The number of ether oxygens (including phenoxy) is 10. The number of carbonyl (C=O) groups excluding carboxylic acids is 4. The third-order valence-electron chi connectivity index (χ3n) is 18.4. The van der Waals surface area contributed by atoms with Crippen LogP contribution in [-0.2, 0) is 49.6 Å². The molecule has 4 aromatic carbocycles. The Labute approximate surface area is 493 Å². The molecule has 2 amide bonds. The van der Waals surface area contributed by atoms with Crippen molar-refractivity contribution in [2.45, 2.75) is 141 Å². The molecule has 0 aromatic heterocycles. The molecule has 2 fully saturated rings. The van der Waals surface area contributed by atoms with Crippen molar-refractivity contribution < 1.29 is 71.7 Å². The fourth-order valence-electron chi connectivity index (χ4n) is 15.3. The topological polar surface area (TPSA) is 265 Å². The number of nitriles is 2. The number of methoxy groups -OCH3 is 3. The van der Waals surface area contributed by atoms with E-state index in [-0.39, 0.29) is 87.3 Å². The molecule has 8 aliphatic rings. The summed E-state index contributed by atoms with van der Waals surface area (Å²) in [4.78, 5) is 58.0. The van der Waals surface area contributed by atoms with Gasteiger partial charge in [-0.05, 0) is 89.7 Å². The number of carbonyl (C=O) groups is 4. The zero-order chi connectivity index (χ0) is 60.8. The lowest BCUT2D eigenvalue weighted by atomic mass is 9.71. The average molecular weight is 1170 g/mol. The van der Waals surface area contributed by atoms with Crippen molar-refractivity contribution in [3.8, 4) is 69.6 Å². The van der Waals surface area contributed by atoms with Crippen LogP contribution in [0, 0.1) is 50.4 Å². The minimum absolute atomic E-state index is 0.0124. The minimum atomic E-state index is -0.540. The zero-order valence-corrected chi connectivity index (χ0v) is 50.1.